The first-order valence-electron chi connectivity index (χ1n) is 8.78. The zero-order valence-corrected chi connectivity index (χ0v) is 15.1. The third kappa shape index (κ3) is 3.64. The second kappa shape index (κ2) is 7.55. The van der Waals surface area contributed by atoms with Gasteiger partial charge in [-0.15, -0.1) is 11.3 Å². The smallest absolute Gasteiger partial charge is 0.252 e. The first kappa shape index (κ1) is 17.2. The fourth-order valence-electron chi connectivity index (χ4n) is 3.21. The van der Waals surface area contributed by atoms with Crippen LogP contribution in [-0.2, 0) is 12.8 Å². The van der Waals surface area contributed by atoms with Crippen LogP contribution >= 0.6 is 11.3 Å². The molecule has 1 atom stereocenters. The maximum absolute atomic E-state index is 12.4. The maximum atomic E-state index is 12.4. The number of nitrogens with one attached hydrogen (secondary N) is 1. The highest BCUT2D eigenvalue weighted by Gasteiger charge is 2.20. The first-order valence-corrected chi connectivity index (χ1v) is 9.66. The number of carbonyl (C=O) groups is 1. The molecule has 1 amide bonds. The Balaban J connectivity index is 1.27. The van der Waals surface area contributed by atoms with E-state index in [0.29, 0.717) is 17.2 Å². The molecule has 1 aliphatic carbocycles. The molecule has 7 heteroatoms. The second-order valence-corrected chi connectivity index (χ2v) is 7.41. The highest BCUT2D eigenvalue weighted by Crippen LogP contribution is 2.35. The molecule has 0 radical (unpaired) electrons. The van der Waals surface area contributed by atoms with Crippen molar-refractivity contribution in [1.29, 1.82) is 0 Å². The fourth-order valence-corrected chi connectivity index (χ4v) is 4.33. The summed E-state index contributed by atoms with van der Waals surface area (Å²) in [5, 5.41) is 14.8. The Morgan fingerprint density at radius 2 is 2.12 bits per heavy atom. The lowest BCUT2D eigenvalue weighted by Gasteiger charge is -2.15. The SMILES string of the molecule is O=C(NCC(O)COc1ccc2c(c1)OCO2)c1csc2c1CCCC2. The molecule has 0 saturated carbocycles. The molecule has 26 heavy (non-hydrogen) atoms. The average molecular weight is 375 g/mol. The van der Waals surface area contributed by atoms with E-state index in [1.54, 1.807) is 29.5 Å². The maximum Gasteiger partial charge on any atom is 0.252 e. The summed E-state index contributed by atoms with van der Waals surface area (Å²) in [6.07, 6.45) is 3.58. The zero-order valence-electron chi connectivity index (χ0n) is 14.3. The molecule has 6 nitrogen and oxygen atoms in total. The summed E-state index contributed by atoms with van der Waals surface area (Å²) in [6, 6.07) is 5.26. The molecule has 2 aliphatic rings. The van der Waals surface area contributed by atoms with Crippen molar-refractivity contribution in [1.82, 2.24) is 5.32 Å². The Labute approximate surface area is 155 Å². The molecule has 2 aromatic rings. The molecule has 2 N–H and O–H groups in total. The summed E-state index contributed by atoms with van der Waals surface area (Å²) in [4.78, 5) is 13.7. The predicted octanol–water partition coefficient (Wildman–Crippen LogP) is 2.53. The van der Waals surface area contributed by atoms with Crippen molar-refractivity contribution < 1.29 is 24.1 Å². The van der Waals surface area contributed by atoms with Crippen LogP contribution in [0.25, 0.3) is 0 Å². The molecule has 0 fully saturated rings. The Morgan fingerprint density at radius 3 is 3.04 bits per heavy atom. The highest BCUT2D eigenvalue weighted by molar-refractivity contribution is 7.10. The van der Waals surface area contributed by atoms with Gasteiger partial charge < -0.3 is 24.6 Å². The van der Waals surface area contributed by atoms with Gasteiger partial charge in [-0.3, -0.25) is 4.79 Å². The third-order valence-corrected chi connectivity index (χ3v) is 5.68. The van der Waals surface area contributed by atoms with Crippen molar-refractivity contribution in [2.75, 3.05) is 19.9 Å². The minimum absolute atomic E-state index is 0.0850. The van der Waals surface area contributed by atoms with E-state index in [1.165, 1.54) is 16.9 Å². The van der Waals surface area contributed by atoms with Crippen molar-refractivity contribution in [3.63, 3.8) is 0 Å². The molecule has 138 valence electrons. The summed E-state index contributed by atoms with van der Waals surface area (Å²) < 4.78 is 16.1. The molecule has 1 unspecified atom stereocenters. The van der Waals surface area contributed by atoms with Gasteiger partial charge in [0.15, 0.2) is 11.5 Å². The Morgan fingerprint density at radius 1 is 1.27 bits per heavy atom. The molecule has 0 saturated heterocycles. The number of hydrogen-bond acceptors (Lipinski definition) is 6. The van der Waals surface area contributed by atoms with E-state index in [1.807, 2.05) is 5.38 Å². The molecule has 2 heterocycles. The minimum Gasteiger partial charge on any atom is -0.491 e. The lowest BCUT2D eigenvalue weighted by molar-refractivity contribution is 0.0843. The van der Waals surface area contributed by atoms with Crippen molar-refractivity contribution in [3.8, 4) is 17.2 Å². The molecular formula is C19H21NO5S. The minimum atomic E-state index is -0.793. The highest BCUT2D eigenvalue weighted by atomic mass is 32.1. The predicted molar refractivity (Wildman–Crippen MR) is 97.4 cm³/mol. The van der Waals surface area contributed by atoms with Gasteiger partial charge in [-0.2, -0.15) is 0 Å². The number of amides is 1. The number of carbonyl (C=O) groups excluding carboxylic acids is 1. The lowest BCUT2D eigenvalue weighted by atomic mass is 9.95. The summed E-state index contributed by atoms with van der Waals surface area (Å²) in [5.74, 6) is 1.79. The van der Waals surface area contributed by atoms with Crippen LogP contribution in [0, 0.1) is 0 Å². The van der Waals surface area contributed by atoms with E-state index in [4.69, 9.17) is 14.2 Å². The molecular weight excluding hydrogens is 354 g/mol. The molecule has 1 aliphatic heterocycles. The number of fused-ring (bicyclic) bond motifs is 2. The van der Waals surface area contributed by atoms with E-state index in [0.717, 1.165) is 24.8 Å². The van der Waals surface area contributed by atoms with Crippen LogP contribution in [0.15, 0.2) is 23.6 Å². The monoisotopic (exact) mass is 375 g/mol. The van der Waals surface area contributed by atoms with Crippen LogP contribution in [0.5, 0.6) is 17.2 Å². The van der Waals surface area contributed by atoms with Gasteiger partial charge in [-0.05, 0) is 43.4 Å². The largest absolute Gasteiger partial charge is 0.491 e. The van der Waals surface area contributed by atoms with E-state index in [-0.39, 0.29) is 25.9 Å². The van der Waals surface area contributed by atoms with Crippen LogP contribution in [0.1, 0.15) is 33.6 Å². The van der Waals surface area contributed by atoms with Gasteiger partial charge in [0.05, 0.1) is 5.56 Å². The van der Waals surface area contributed by atoms with Crippen molar-refractivity contribution in [2.24, 2.45) is 0 Å². The quantitative estimate of drug-likeness (QED) is 0.811. The van der Waals surface area contributed by atoms with Gasteiger partial charge in [0.2, 0.25) is 6.79 Å². The van der Waals surface area contributed by atoms with E-state index in [2.05, 4.69) is 5.32 Å². The number of rotatable bonds is 6. The summed E-state index contributed by atoms with van der Waals surface area (Å²) >= 11 is 1.66. The normalized spacial score (nSPS) is 16.0. The number of thiophene rings is 1. The number of aliphatic hydroxyl groups excluding tert-OH is 1. The topological polar surface area (TPSA) is 77.0 Å². The van der Waals surface area contributed by atoms with Gasteiger partial charge in [-0.1, -0.05) is 0 Å². The van der Waals surface area contributed by atoms with Gasteiger partial charge in [-0.25, -0.2) is 0 Å². The van der Waals surface area contributed by atoms with Crippen molar-refractivity contribution >= 4 is 17.2 Å². The average Bonchev–Trinajstić information content (AvgIpc) is 3.30. The molecule has 1 aromatic heterocycles. The third-order valence-electron chi connectivity index (χ3n) is 4.59. The van der Waals surface area contributed by atoms with Gasteiger partial charge in [0.25, 0.3) is 5.91 Å². The van der Waals surface area contributed by atoms with Crippen molar-refractivity contribution in [2.45, 2.75) is 31.8 Å². The number of hydrogen-bond donors (Lipinski definition) is 2. The van der Waals surface area contributed by atoms with Crippen LogP contribution in [0.2, 0.25) is 0 Å². The summed E-state index contributed by atoms with van der Waals surface area (Å²) in [5.41, 5.74) is 1.94. The number of benzene rings is 1. The Hall–Kier alpha value is -2.25. The first-order chi connectivity index (χ1) is 12.7. The van der Waals surface area contributed by atoms with Gasteiger partial charge in [0.1, 0.15) is 18.5 Å². The molecule has 4 rings (SSSR count). The van der Waals surface area contributed by atoms with Crippen LogP contribution in [0.3, 0.4) is 0 Å². The zero-order chi connectivity index (χ0) is 17.9. The van der Waals surface area contributed by atoms with Crippen LogP contribution in [0.4, 0.5) is 0 Å². The Kier molecular flexibility index (Phi) is 4.99. The molecule has 0 bridgehead atoms. The molecule has 0 spiro atoms. The van der Waals surface area contributed by atoms with Crippen molar-refractivity contribution in [3.05, 3.63) is 39.6 Å². The van der Waals surface area contributed by atoms with E-state index >= 15 is 0 Å². The lowest BCUT2D eigenvalue weighted by Crippen LogP contribution is -2.35. The van der Waals surface area contributed by atoms with Gasteiger partial charge >= 0.3 is 0 Å². The standard InChI is InChI=1S/C19H21NO5S/c21-12(9-23-13-5-6-16-17(7-13)25-11-24-16)8-20-19(22)15-10-26-18-4-2-1-3-14(15)18/h5-7,10,12,21H,1-4,8-9,11H2,(H,20,22). The van der Waals surface area contributed by atoms with Crippen LogP contribution in [-0.4, -0.2) is 37.1 Å². The Bertz CT molecular complexity index is 803. The summed E-state index contributed by atoms with van der Waals surface area (Å²) in [7, 11) is 0. The number of ether oxygens (including phenoxy) is 3. The molecule has 1 aromatic carbocycles. The van der Waals surface area contributed by atoms with E-state index < -0.39 is 6.10 Å². The fraction of sp³-hybridized carbons (Fsp3) is 0.421. The second-order valence-electron chi connectivity index (χ2n) is 6.45. The van der Waals surface area contributed by atoms with E-state index in [9.17, 15) is 9.90 Å². The van der Waals surface area contributed by atoms with Crippen LogP contribution < -0.4 is 19.5 Å². The number of aryl methyl sites for hydroxylation is 1. The number of aliphatic hydroxyl groups is 1. The van der Waals surface area contributed by atoms with Gasteiger partial charge in [0, 0.05) is 22.9 Å². The summed E-state index contributed by atoms with van der Waals surface area (Å²) in [6.45, 7) is 0.440.